The van der Waals surface area contributed by atoms with Crippen molar-refractivity contribution in [2.45, 2.75) is 69.6 Å². The fourth-order valence-corrected chi connectivity index (χ4v) is 5.46. The molecule has 1 N–H and O–H groups in total. The SMILES string of the molecule is CCC[C@]1(C)CCC[C@H](F)[C@H](N(C)c2cnc(-c3ccc(-c4cnnc(SC)c4)cc3O)nn2)C1. The molecule has 2 heterocycles. The molecule has 3 atom stereocenters. The Kier molecular flexibility index (Phi) is 7.84. The largest absolute Gasteiger partial charge is 0.507 e. The van der Waals surface area contributed by atoms with Crippen molar-refractivity contribution in [2.24, 2.45) is 5.41 Å². The van der Waals surface area contributed by atoms with Gasteiger partial charge < -0.3 is 10.0 Å². The fourth-order valence-electron chi connectivity index (χ4n) is 5.09. The van der Waals surface area contributed by atoms with Gasteiger partial charge in [-0.25, -0.2) is 9.37 Å². The number of halogens is 1. The summed E-state index contributed by atoms with van der Waals surface area (Å²) in [5.41, 5.74) is 2.29. The zero-order valence-corrected chi connectivity index (χ0v) is 21.6. The number of aromatic hydroxyl groups is 1. The van der Waals surface area contributed by atoms with E-state index in [0.717, 1.165) is 48.3 Å². The van der Waals surface area contributed by atoms with E-state index < -0.39 is 6.17 Å². The molecule has 1 aromatic carbocycles. The zero-order valence-electron chi connectivity index (χ0n) is 20.8. The third-order valence-electron chi connectivity index (χ3n) is 7.05. The van der Waals surface area contributed by atoms with E-state index in [2.05, 4.69) is 39.2 Å². The van der Waals surface area contributed by atoms with Gasteiger partial charge in [-0.1, -0.05) is 26.3 Å². The van der Waals surface area contributed by atoms with E-state index in [9.17, 15) is 5.11 Å². The maximum absolute atomic E-state index is 15.1. The van der Waals surface area contributed by atoms with E-state index in [1.165, 1.54) is 11.8 Å². The number of phenols is 1. The number of phenolic OH excluding ortho intramolecular Hbond substituents is 1. The van der Waals surface area contributed by atoms with E-state index >= 15 is 4.39 Å². The van der Waals surface area contributed by atoms with Gasteiger partial charge >= 0.3 is 0 Å². The van der Waals surface area contributed by atoms with Crippen molar-refractivity contribution in [2.75, 3.05) is 18.2 Å². The molecule has 0 saturated heterocycles. The average molecular weight is 497 g/mol. The van der Waals surface area contributed by atoms with E-state index in [1.54, 1.807) is 24.5 Å². The van der Waals surface area contributed by atoms with Gasteiger partial charge in [0.25, 0.3) is 0 Å². The number of hydrogen-bond acceptors (Lipinski definition) is 8. The van der Waals surface area contributed by atoms with Crippen LogP contribution in [-0.4, -0.2) is 56.0 Å². The minimum Gasteiger partial charge on any atom is -0.507 e. The lowest BCUT2D eigenvalue weighted by Gasteiger charge is -2.36. The van der Waals surface area contributed by atoms with Crippen LogP contribution in [0.2, 0.25) is 0 Å². The molecule has 3 aromatic rings. The van der Waals surface area contributed by atoms with Gasteiger partial charge in [-0.2, -0.15) is 5.10 Å². The van der Waals surface area contributed by atoms with Gasteiger partial charge in [0, 0.05) is 12.6 Å². The van der Waals surface area contributed by atoms with Gasteiger partial charge in [0.15, 0.2) is 11.6 Å². The molecule has 35 heavy (non-hydrogen) atoms. The fraction of sp³-hybridized carbons (Fsp3) is 0.500. The van der Waals surface area contributed by atoms with Crippen LogP contribution in [0, 0.1) is 5.41 Å². The minimum atomic E-state index is -0.911. The van der Waals surface area contributed by atoms with Gasteiger partial charge in [0.2, 0.25) is 0 Å². The third-order valence-corrected chi connectivity index (χ3v) is 7.67. The lowest BCUT2D eigenvalue weighted by atomic mass is 9.77. The van der Waals surface area contributed by atoms with Gasteiger partial charge in [-0.3, -0.25) is 0 Å². The van der Waals surface area contributed by atoms with Gasteiger partial charge in [0.1, 0.15) is 16.9 Å². The van der Waals surface area contributed by atoms with Crippen LogP contribution < -0.4 is 4.90 Å². The number of rotatable bonds is 7. The van der Waals surface area contributed by atoms with Crippen molar-refractivity contribution < 1.29 is 9.50 Å². The molecule has 4 rings (SSSR count). The summed E-state index contributed by atoms with van der Waals surface area (Å²) in [4.78, 5) is 6.34. The summed E-state index contributed by atoms with van der Waals surface area (Å²) >= 11 is 1.51. The molecule has 1 fully saturated rings. The van der Waals surface area contributed by atoms with Crippen LogP contribution in [0.4, 0.5) is 10.2 Å². The molecule has 1 saturated carbocycles. The maximum atomic E-state index is 15.1. The first-order valence-electron chi connectivity index (χ1n) is 12.1. The topological polar surface area (TPSA) is 87.9 Å². The Morgan fingerprint density at radius 3 is 2.69 bits per heavy atom. The number of nitrogens with zero attached hydrogens (tertiary/aromatic N) is 6. The molecular formula is C26H33FN6OS. The summed E-state index contributed by atoms with van der Waals surface area (Å²) in [7, 11) is 1.87. The second-order valence-electron chi connectivity index (χ2n) is 9.71. The standard InChI is InChI=1S/C26H33FN6OS/c1-5-10-26(2)11-6-7-20(27)21(14-26)33(3)23-16-28-25(32-30-23)19-9-8-17(12-22(19)34)18-13-24(35-4)31-29-15-18/h8-9,12-13,15-16,20-21,34H,5-7,10-11,14H2,1-4H3/t20-,21+,26+/m0/s1. The highest BCUT2D eigenvalue weighted by Gasteiger charge is 2.37. The Hall–Kier alpha value is -2.81. The van der Waals surface area contributed by atoms with E-state index in [1.807, 2.05) is 30.3 Å². The molecule has 9 heteroatoms. The molecule has 7 nitrogen and oxygen atoms in total. The van der Waals surface area contributed by atoms with Crippen LogP contribution >= 0.6 is 11.8 Å². The molecule has 1 aliphatic carbocycles. The Morgan fingerprint density at radius 2 is 2.00 bits per heavy atom. The van der Waals surface area contributed by atoms with Crippen molar-refractivity contribution in [3.63, 3.8) is 0 Å². The molecule has 2 aromatic heterocycles. The average Bonchev–Trinajstić information content (AvgIpc) is 3.01. The summed E-state index contributed by atoms with van der Waals surface area (Å²) in [6.07, 6.45) is 9.81. The summed E-state index contributed by atoms with van der Waals surface area (Å²) in [5, 5.41) is 28.2. The van der Waals surface area contributed by atoms with Crippen LogP contribution in [-0.2, 0) is 0 Å². The number of hydrogen-bond donors (Lipinski definition) is 1. The molecule has 0 amide bonds. The molecule has 0 radical (unpaired) electrons. The summed E-state index contributed by atoms with van der Waals surface area (Å²) in [5.74, 6) is 0.902. The van der Waals surface area contributed by atoms with Crippen molar-refractivity contribution in [3.8, 4) is 28.3 Å². The maximum Gasteiger partial charge on any atom is 0.185 e. The molecular weight excluding hydrogens is 463 g/mol. The summed E-state index contributed by atoms with van der Waals surface area (Å²) < 4.78 is 15.1. The van der Waals surface area contributed by atoms with Crippen molar-refractivity contribution in [3.05, 3.63) is 36.7 Å². The molecule has 0 aliphatic heterocycles. The summed E-state index contributed by atoms with van der Waals surface area (Å²) in [6.45, 7) is 4.46. The van der Waals surface area contributed by atoms with Crippen LogP contribution in [0.15, 0.2) is 41.7 Å². The van der Waals surface area contributed by atoms with Crippen molar-refractivity contribution >= 4 is 17.6 Å². The Labute approximate surface area is 210 Å². The molecule has 186 valence electrons. The van der Waals surface area contributed by atoms with E-state index in [-0.39, 0.29) is 17.2 Å². The first kappa shape index (κ1) is 25.3. The molecule has 0 bridgehead atoms. The number of anilines is 1. The van der Waals surface area contributed by atoms with Crippen molar-refractivity contribution in [1.82, 2.24) is 25.4 Å². The van der Waals surface area contributed by atoms with Crippen LogP contribution in [0.1, 0.15) is 52.4 Å². The highest BCUT2D eigenvalue weighted by molar-refractivity contribution is 7.98. The monoisotopic (exact) mass is 496 g/mol. The second-order valence-corrected chi connectivity index (χ2v) is 10.5. The number of thioether (sulfide) groups is 1. The lowest BCUT2D eigenvalue weighted by Crippen LogP contribution is -2.42. The highest BCUT2D eigenvalue weighted by Crippen LogP contribution is 2.41. The zero-order chi connectivity index (χ0) is 25.0. The smallest absolute Gasteiger partial charge is 0.185 e. The molecule has 1 aliphatic rings. The quantitative estimate of drug-likeness (QED) is 0.317. The predicted octanol–water partition coefficient (Wildman–Crippen LogP) is 5.95. The number of alkyl halides is 1. The minimum absolute atomic E-state index is 0.0517. The predicted molar refractivity (Wildman–Crippen MR) is 138 cm³/mol. The Bertz CT molecular complexity index is 1150. The van der Waals surface area contributed by atoms with Crippen LogP contribution in [0.3, 0.4) is 0 Å². The first-order chi connectivity index (χ1) is 16.8. The molecule has 0 spiro atoms. The van der Waals surface area contributed by atoms with Crippen molar-refractivity contribution in [1.29, 1.82) is 0 Å². The van der Waals surface area contributed by atoms with Gasteiger partial charge in [-0.15, -0.1) is 27.1 Å². The first-order valence-corrected chi connectivity index (χ1v) is 13.3. The van der Waals surface area contributed by atoms with Crippen LogP contribution in [0.25, 0.3) is 22.5 Å². The Morgan fingerprint density at radius 1 is 1.17 bits per heavy atom. The lowest BCUT2D eigenvalue weighted by molar-refractivity contribution is 0.207. The molecule has 0 unspecified atom stereocenters. The normalized spacial score (nSPS) is 22.5. The summed E-state index contributed by atoms with van der Waals surface area (Å²) in [6, 6.07) is 6.97. The third kappa shape index (κ3) is 5.72. The van der Waals surface area contributed by atoms with E-state index in [0.29, 0.717) is 23.6 Å². The Balaban J connectivity index is 1.54. The van der Waals surface area contributed by atoms with Crippen LogP contribution in [0.5, 0.6) is 5.75 Å². The van der Waals surface area contributed by atoms with E-state index in [4.69, 9.17) is 0 Å². The van der Waals surface area contributed by atoms with Gasteiger partial charge in [0.05, 0.1) is 24.0 Å². The number of benzene rings is 1. The van der Waals surface area contributed by atoms with Gasteiger partial charge in [-0.05, 0) is 67.5 Å². The highest BCUT2D eigenvalue weighted by atomic mass is 32.2. The second kappa shape index (κ2) is 10.8. The number of aromatic nitrogens is 5.